The lowest BCUT2D eigenvalue weighted by Gasteiger charge is -2.11. The molecule has 0 aliphatic rings. The molecule has 124 valence electrons. The SMILES string of the molecule is COc1ccc(-n2c(=O)[nH]c3cc(OC)c(OC)cc3c2=O)cc1. The van der Waals surface area contributed by atoms with Crippen molar-refractivity contribution in [2.45, 2.75) is 0 Å². The summed E-state index contributed by atoms with van der Waals surface area (Å²) in [6, 6.07) is 9.76. The Hall–Kier alpha value is -3.22. The Morgan fingerprint density at radius 1 is 0.875 bits per heavy atom. The summed E-state index contributed by atoms with van der Waals surface area (Å²) >= 11 is 0. The molecule has 0 aliphatic carbocycles. The van der Waals surface area contributed by atoms with Gasteiger partial charge in [0.05, 0.1) is 37.9 Å². The normalized spacial score (nSPS) is 10.6. The van der Waals surface area contributed by atoms with Gasteiger partial charge in [0.15, 0.2) is 11.5 Å². The van der Waals surface area contributed by atoms with Gasteiger partial charge in [0.1, 0.15) is 5.75 Å². The second-order valence-electron chi connectivity index (χ2n) is 5.02. The van der Waals surface area contributed by atoms with Gasteiger partial charge in [0.25, 0.3) is 5.56 Å². The Kier molecular flexibility index (Phi) is 3.99. The van der Waals surface area contributed by atoms with Crippen molar-refractivity contribution in [2.24, 2.45) is 0 Å². The van der Waals surface area contributed by atoms with Crippen LogP contribution in [0.25, 0.3) is 16.6 Å². The van der Waals surface area contributed by atoms with Crippen molar-refractivity contribution in [2.75, 3.05) is 21.3 Å². The lowest BCUT2D eigenvalue weighted by atomic mass is 10.2. The number of methoxy groups -OCH3 is 3. The first-order chi connectivity index (χ1) is 11.6. The molecule has 7 nitrogen and oxygen atoms in total. The zero-order chi connectivity index (χ0) is 17.3. The van der Waals surface area contributed by atoms with Crippen LogP contribution < -0.4 is 25.5 Å². The molecule has 3 rings (SSSR count). The van der Waals surface area contributed by atoms with Crippen LogP contribution in [-0.4, -0.2) is 30.9 Å². The number of nitrogens with one attached hydrogen (secondary N) is 1. The van der Waals surface area contributed by atoms with E-state index in [-0.39, 0.29) is 0 Å². The molecule has 0 spiro atoms. The van der Waals surface area contributed by atoms with Crippen molar-refractivity contribution in [3.05, 3.63) is 57.2 Å². The molecule has 24 heavy (non-hydrogen) atoms. The molecule has 0 saturated carbocycles. The van der Waals surface area contributed by atoms with Gasteiger partial charge in [-0.15, -0.1) is 0 Å². The number of aromatic amines is 1. The topological polar surface area (TPSA) is 82.6 Å². The largest absolute Gasteiger partial charge is 0.497 e. The number of rotatable bonds is 4. The third-order valence-electron chi connectivity index (χ3n) is 3.73. The van der Waals surface area contributed by atoms with E-state index in [4.69, 9.17) is 14.2 Å². The zero-order valence-electron chi connectivity index (χ0n) is 13.5. The number of benzene rings is 2. The molecule has 0 unspecified atom stereocenters. The van der Waals surface area contributed by atoms with Gasteiger partial charge in [-0.05, 0) is 30.3 Å². The maximum atomic E-state index is 12.8. The molecule has 0 radical (unpaired) electrons. The van der Waals surface area contributed by atoms with Crippen LogP contribution >= 0.6 is 0 Å². The van der Waals surface area contributed by atoms with Crippen LogP contribution in [-0.2, 0) is 0 Å². The first kappa shape index (κ1) is 15.7. The van der Waals surface area contributed by atoms with Gasteiger partial charge >= 0.3 is 5.69 Å². The molecule has 1 aromatic heterocycles. The van der Waals surface area contributed by atoms with Crippen molar-refractivity contribution in [3.63, 3.8) is 0 Å². The average Bonchev–Trinajstić information content (AvgIpc) is 2.61. The Balaban J connectivity index is 2.29. The molecule has 0 aliphatic heterocycles. The predicted octanol–water partition coefficient (Wildman–Crippen LogP) is 1.70. The summed E-state index contributed by atoms with van der Waals surface area (Å²) < 4.78 is 16.6. The summed E-state index contributed by atoms with van der Waals surface area (Å²) in [5, 5.41) is 0.322. The molecule has 1 heterocycles. The molecule has 0 saturated heterocycles. The second-order valence-corrected chi connectivity index (χ2v) is 5.02. The fourth-order valence-electron chi connectivity index (χ4n) is 2.51. The lowest BCUT2D eigenvalue weighted by Crippen LogP contribution is -2.33. The molecule has 0 amide bonds. The van der Waals surface area contributed by atoms with E-state index in [0.29, 0.717) is 33.8 Å². The number of aromatic nitrogens is 2. The van der Waals surface area contributed by atoms with Crippen molar-refractivity contribution < 1.29 is 14.2 Å². The number of fused-ring (bicyclic) bond motifs is 1. The van der Waals surface area contributed by atoms with Crippen LogP contribution in [0.15, 0.2) is 46.0 Å². The van der Waals surface area contributed by atoms with Crippen LogP contribution in [0.5, 0.6) is 17.2 Å². The molecule has 0 bridgehead atoms. The Bertz CT molecular complexity index is 1000. The highest BCUT2D eigenvalue weighted by molar-refractivity contribution is 5.82. The van der Waals surface area contributed by atoms with Crippen LogP contribution in [0.2, 0.25) is 0 Å². The van der Waals surface area contributed by atoms with E-state index in [0.717, 1.165) is 4.57 Å². The van der Waals surface area contributed by atoms with Gasteiger partial charge < -0.3 is 19.2 Å². The van der Waals surface area contributed by atoms with Gasteiger partial charge in [-0.2, -0.15) is 0 Å². The summed E-state index contributed by atoms with van der Waals surface area (Å²) in [5.41, 5.74) is -0.157. The van der Waals surface area contributed by atoms with Gasteiger partial charge in [-0.3, -0.25) is 4.79 Å². The number of hydrogen-bond acceptors (Lipinski definition) is 5. The van der Waals surface area contributed by atoms with Crippen LogP contribution in [0, 0.1) is 0 Å². The van der Waals surface area contributed by atoms with E-state index in [2.05, 4.69) is 4.98 Å². The molecule has 1 N–H and O–H groups in total. The summed E-state index contributed by atoms with van der Waals surface area (Å²) in [4.78, 5) is 27.8. The third kappa shape index (κ3) is 2.50. The minimum Gasteiger partial charge on any atom is -0.497 e. The van der Waals surface area contributed by atoms with E-state index < -0.39 is 11.2 Å². The Labute approximate surface area is 137 Å². The van der Waals surface area contributed by atoms with Crippen molar-refractivity contribution >= 4 is 10.9 Å². The molecule has 3 aromatic rings. The van der Waals surface area contributed by atoms with Crippen LogP contribution in [0.3, 0.4) is 0 Å². The third-order valence-corrected chi connectivity index (χ3v) is 3.73. The van der Waals surface area contributed by atoms with Gasteiger partial charge in [-0.1, -0.05) is 0 Å². The van der Waals surface area contributed by atoms with Crippen LogP contribution in [0.1, 0.15) is 0 Å². The average molecular weight is 328 g/mol. The molecule has 0 atom stereocenters. The monoisotopic (exact) mass is 328 g/mol. The smallest absolute Gasteiger partial charge is 0.333 e. The maximum absolute atomic E-state index is 12.8. The molecule has 0 fully saturated rings. The highest BCUT2D eigenvalue weighted by Crippen LogP contribution is 2.29. The van der Waals surface area contributed by atoms with Gasteiger partial charge in [-0.25, -0.2) is 9.36 Å². The van der Waals surface area contributed by atoms with Crippen molar-refractivity contribution in [1.29, 1.82) is 0 Å². The maximum Gasteiger partial charge on any atom is 0.333 e. The number of nitrogens with zero attached hydrogens (tertiary/aromatic N) is 1. The van der Waals surface area contributed by atoms with Crippen molar-refractivity contribution in [3.8, 4) is 22.9 Å². The standard InChI is InChI=1S/C17H16N2O5/c1-22-11-6-4-10(5-7-11)19-16(20)12-8-14(23-2)15(24-3)9-13(12)18-17(19)21/h4-9H,1-3H3,(H,18,21). The first-order valence-electron chi connectivity index (χ1n) is 7.14. The predicted molar refractivity (Wildman–Crippen MR) is 89.8 cm³/mol. The molecule has 2 aromatic carbocycles. The summed E-state index contributed by atoms with van der Waals surface area (Å²) in [5.74, 6) is 1.48. The Morgan fingerprint density at radius 3 is 2.08 bits per heavy atom. The summed E-state index contributed by atoms with van der Waals surface area (Å²) in [6.45, 7) is 0. The molecular formula is C17H16N2O5. The minimum atomic E-state index is -0.537. The van der Waals surface area contributed by atoms with E-state index in [1.165, 1.54) is 14.2 Å². The highest BCUT2D eigenvalue weighted by atomic mass is 16.5. The summed E-state index contributed by atoms with van der Waals surface area (Å²) in [6.07, 6.45) is 0. The zero-order valence-corrected chi connectivity index (χ0v) is 13.5. The summed E-state index contributed by atoms with van der Waals surface area (Å²) in [7, 11) is 4.52. The second kappa shape index (κ2) is 6.11. The van der Waals surface area contributed by atoms with Gasteiger partial charge in [0, 0.05) is 6.07 Å². The van der Waals surface area contributed by atoms with Crippen LogP contribution in [0.4, 0.5) is 0 Å². The fraction of sp³-hybridized carbons (Fsp3) is 0.176. The molecule has 7 heteroatoms. The lowest BCUT2D eigenvalue weighted by molar-refractivity contribution is 0.355. The number of ether oxygens (including phenoxy) is 3. The van der Waals surface area contributed by atoms with Gasteiger partial charge in [0.2, 0.25) is 0 Å². The Morgan fingerprint density at radius 2 is 1.50 bits per heavy atom. The first-order valence-corrected chi connectivity index (χ1v) is 7.14. The van der Waals surface area contributed by atoms with E-state index >= 15 is 0 Å². The minimum absolute atomic E-state index is 0.322. The quantitative estimate of drug-likeness (QED) is 0.788. The van der Waals surface area contributed by atoms with E-state index in [9.17, 15) is 9.59 Å². The highest BCUT2D eigenvalue weighted by Gasteiger charge is 2.13. The number of hydrogen-bond donors (Lipinski definition) is 1. The number of H-pyrrole nitrogens is 1. The van der Waals surface area contributed by atoms with E-state index in [1.54, 1.807) is 43.5 Å². The fourth-order valence-corrected chi connectivity index (χ4v) is 2.51. The van der Waals surface area contributed by atoms with E-state index in [1.807, 2.05) is 0 Å². The van der Waals surface area contributed by atoms with Crippen molar-refractivity contribution in [1.82, 2.24) is 9.55 Å². The molecular weight excluding hydrogens is 312 g/mol.